The molecule has 182 valence electrons. The van der Waals surface area contributed by atoms with Crippen molar-refractivity contribution in [1.82, 2.24) is 24.6 Å². The SMILES string of the molecule is CCCc1c(Cc2ccc(-c3ccccc3)c(C3=NNC(=O)C3)c2)c(=O)n(CC2CC2)c2ncnn12. The van der Waals surface area contributed by atoms with E-state index in [0.29, 0.717) is 30.4 Å². The maximum atomic E-state index is 13.8. The number of aromatic nitrogens is 4. The van der Waals surface area contributed by atoms with Crippen LogP contribution in [-0.2, 0) is 24.2 Å². The van der Waals surface area contributed by atoms with Gasteiger partial charge in [-0.1, -0.05) is 55.8 Å². The van der Waals surface area contributed by atoms with Crippen LogP contribution in [0.1, 0.15) is 55.0 Å². The Morgan fingerprint density at radius 1 is 1.06 bits per heavy atom. The number of benzene rings is 2. The summed E-state index contributed by atoms with van der Waals surface area (Å²) >= 11 is 0. The summed E-state index contributed by atoms with van der Waals surface area (Å²) in [6, 6.07) is 16.3. The number of carbonyl (C=O) groups excluding carboxylic acids is 1. The van der Waals surface area contributed by atoms with Crippen LogP contribution in [-0.4, -0.2) is 30.8 Å². The van der Waals surface area contributed by atoms with Crippen molar-refractivity contribution in [1.29, 1.82) is 0 Å². The summed E-state index contributed by atoms with van der Waals surface area (Å²) in [5.41, 5.74) is 8.98. The quantitative estimate of drug-likeness (QED) is 0.416. The lowest BCUT2D eigenvalue weighted by Gasteiger charge is -2.16. The summed E-state index contributed by atoms with van der Waals surface area (Å²) in [5, 5.41) is 8.80. The van der Waals surface area contributed by atoms with Crippen LogP contribution in [0.3, 0.4) is 0 Å². The highest BCUT2D eigenvalue weighted by atomic mass is 16.2. The van der Waals surface area contributed by atoms with Crippen molar-refractivity contribution >= 4 is 17.4 Å². The van der Waals surface area contributed by atoms with Gasteiger partial charge in [0.15, 0.2) is 0 Å². The second-order valence-electron chi connectivity index (χ2n) is 9.70. The molecule has 0 unspecified atom stereocenters. The predicted molar refractivity (Wildman–Crippen MR) is 138 cm³/mol. The molecule has 6 rings (SSSR count). The number of hydrogen-bond acceptors (Lipinski definition) is 5. The van der Waals surface area contributed by atoms with Gasteiger partial charge in [0.2, 0.25) is 11.7 Å². The summed E-state index contributed by atoms with van der Waals surface area (Å²) in [7, 11) is 0. The fourth-order valence-electron chi connectivity index (χ4n) is 5.04. The molecule has 3 heterocycles. The first-order valence-corrected chi connectivity index (χ1v) is 12.6. The molecule has 1 aliphatic carbocycles. The molecule has 1 aliphatic heterocycles. The lowest BCUT2D eigenvalue weighted by molar-refractivity contribution is -0.119. The van der Waals surface area contributed by atoms with Crippen molar-refractivity contribution in [2.24, 2.45) is 11.0 Å². The summed E-state index contributed by atoms with van der Waals surface area (Å²) in [4.78, 5) is 30.2. The molecule has 1 amide bonds. The summed E-state index contributed by atoms with van der Waals surface area (Å²) in [5.74, 6) is 1.05. The first-order valence-electron chi connectivity index (χ1n) is 12.6. The van der Waals surface area contributed by atoms with Crippen molar-refractivity contribution in [3.05, 3.63) is 87.6 Å². The highest BCUT2D eigenvalue weighted by molar-refractivity contribution is 6.16. The van der Waals surface area contributed by atoms with Gasteiger partial charge < -0.3 is 0 Å². The molecule has 2 aliphatic rings. The minimum Gasteiger partial charge on any atom is -0.276 e. The number of carbonyl (C=O) groups is 1. The third-order valence-electron chi connectivity index (χ3n) is 7.01. The molecule has 8 nitrogen and oxygen atoms in total. The highest BCUT2D eigenvalue weighted by Crippen LogP contribution is 2.31. The van der Waals surface area contributed by atoms with Crippen LogP contribution in [0.4, 0.5) is 0 Å². The molecule has 8 heteroatoms. The standard InChI is InChI=1S/C28H28N6O2/c1-2-6-25-23(27(36)33(16-18-9-10-18)28-29-17-30-34(25)28)14-19-11-12-21(20-7-4-3-5-8-20)22(13-19)24-15-26(35)32-31-24/h3-5,7-8,11-13,17-18H,2,6,9-10,14-16H2,1H3,(H,32,35). The molecule has 0 spiro atoms. The Balaban J connectivity index is 1.47. The number of hydrogen-bond donors (Lipinski definition) is 1. The Hall–Kier alpha value is -4.07. The number of amides is 1. The van der Waals surface area contributed by atoms with Crippen LogP contribution in [0.15, 0.2) is 64.8 Å². The van der Waals surface area contributed by atoms with Gasteiger partial charge in [-0.05, 0) is 47.9 Å². The molecule has 1 fully saturated rings. The maximum absolute atomic E-state index is 13.8. The number of hydrazone groups is 1. The topological polar surface area (TPSA) is 93.6 Å². The third-order valence-corrected chi connectivity index (χ3v) is 7.01. The maximum Gasteiger partial charge on any atom is 0.258 e. The van der Waals surface area contributed by atoms with Crippen molar-refractivity contribution in [3.63, 3.8) is 0 Å². The lowest BCUT2D eigenvalue weighted by Crippen LogP contribution is -2.30. The van der Waals surface area contributed by atoms with E-state index < -0.39 is 0 Å². The van der Waals surface area contributed by atoms with Gasteiger partial charge in [-0.2, -0.15) is 15.2 Å². The molecule has 0 saturated heterocycles. The molecular formula is C28H28N6O2. The van der Waals surface area contributed by atoms with Gasteiger partial charge in [0.1, 0.15) is 6.33 Å². The Bertz CT molecular complexity index is 1550. The predicted octanol–water partition coefficient (Wildman–Crippen LogP) is 3.74. The van der Waals surface area contributed by atoms with E-state index in [1.54, 1.807) is 0 Å². The lowest BCUT2D eigenvalue weighted by atomic mass is 9.91. The van der Waals surface area contributed by atoms with Crippen LogP contribution in [0.5, 0.6) is 0 Å². The fourth-order valence-corrected chi connectivity index (χ4v) is 5.04. The minimum atomic E-state index is -0.112. The van der Waals surface area contributed by atoms with Gasteiger partial charge in [-0.3, -0.25) is 14.2 Å². The van der Waals surface area contributed by atoms with E-state index >= 15 is 0 Å². The number of rotatable bonds is 8. The molecule has 36 heavy (non-hydrogen) atoms. The van der Waals surface area contributed by atoms with Crippen molar-refractivity contribution in [2.45, 2.75) is 52.0 Å². The molecule has 0 bridgehead atoms. The highest BCUT2D eigenvalue weighted by Gasteiger charge is 2.26. The van der Waals surface area contributed by atoms with E-state index in [2.05, 4.69) is 57.9 Å². The second kappa shape index (κ2) is 9.18. The number of nitrogens with zero attached hydrogens (tertiary/aromatic N) is 5. The first kappa shape index (κ1) is 22.4. The van der Waals surface area contributed by atoms with Gasteiger partial charge in [0.25, 0.3) is 5.56 Å². The van der Waals surface area contributed by atoms with Gasteiger partial charge in [0, 0.05) is 24.1 Å². The van der Waals surface area contributed by atoms with Gasteiger partial charge in [0.05, 0.1) is 17.8 Å². The van der Waals surface area contributed by atoms with Crippen LogP contribution in [0, 0.1) is 5.92 Å². The largest absolute Gasteiger partial charge is 0.276 e. The summed E-state index contributed by atoms with van der Waals surface area (Å²) < 4.78 is 3.66. The normalized spacial score (nSPS) is 15.4. The zero-order valence-electron chi connectivity index (χ0n) is 20.3. The van der Waals surface area contributed by atoms with E-state index in [9.17, 15) is 9.59 Å². The molecular weight excluding hydrogens is 452 g/mol. The molecule has 2 aromatic heterocycles. The zero-order valence-corrected chi connectivity index (χ0v) is 20.3. The van der Waals surface area contributed by atoms with E-state index in [-0.39, 0.29) is 17.9 Å². The summed E-state index contributed by atoms with van der Waals surface area (Å²) in [6.07, 6.45) is 6.20. The van der Waals surface area contributed by atoms with E-state index in [0.717, 1.165) is 59.2 Å². The number of aryl methyl sites for hydroxylation is 1. The molecule has 1 saturated carbocycles. The van der Waals surface area contributed by atoms with Crippen molar-refractivity contribution in [2.75, 3.05) is 0 Å². The monoisotopic (exact) mass is 480 g/mol. The van der Waals surface area contributed by atoms with Crippen molar-refractivity contribution < 1.29 is 4.79 Å². The third kappa shape index (κ3) is 4.12. The Morgan fingerprint density at radius 2 is 1.89 bits per heavy atom. The Labute approximate surface area is 208 Å². The number of nitrogens with one attached hydrogen (secondary N) is 1. The fraction of sp³-hybridized carbons (Fsp3) is 0.321. The summed E-state index contributed by atoms with van der Waals surface area (Å²) in [6.45, 7) is 2.79. The van der Waals surface area contributed by atoms with Crippen LogP contribution in [0.2, 0.25) is 0 Å². The molecule has 1 N–H and O–H groups in total. The van der Waals surface area contributed by atoms with Gasteiger partial charge in [-0.15, -0.1) is 0 Å². The van der Waals surface area contributed by atoms with Crippen LogP contribution in [0.25, 0.3) is 16.9 Å². The molecule has 2 aromatic carbocycles. The van der Waals surface area contributed by atoms with Crippen LogP contribution < -0.4 is 11.0 Å². The Kier molecular flexibility index (Phi) is 5.71. The Morgan fingerprint density at radius 3 is 2.61 bits per heavy atom. The molecule has 4 aromatic rings. The first-order chi connectivity index (χ1) is 17.6. The van der Waals surface area contributed by atoms with Crippen LogP contribution >= 0.6 is 0 Å². The van der Waals surface area contributed by atoms with E-state index in [1.165, 1.54) is 6.33 Å². The zero-order chi connectivity index (χ0) is 24.6. The average molecular weight is 481 g/mol. The van der Waals surface area contributed by atoms with Crippen molar-refractivity contribution in [3.8, 4) is 11.1 Å². The van der Waals surface area contributed by atoms with Gasteiger partial charge >= 0.3 is 0 Å². The molecule has 0 atom stereocenters. The minimum absolute atomic E-state index is 0.0228. The van der Waals surface area contributed by atoms with E-state index in [4.69, 9.17) is 0 Å². The van der Waals surface area contributed by atoms with E-state index in [1.807, 2.05) is 27.3 Å². The smallest absolute Gasteiger partial charge is 0.258 e. The second-order valence-corrected chi connectivity index (χ2v) is 9.70. The average Bonchev–Trinajstić information content (AvgIpc) is 3.39. The molecule has 0 radical (unpaired) electrons. The number of fused-ring (bicyclic) bond motifs is 1. The van der Waals surface area contributed by atoms with Gasteiger partial charge in [-0.25, -0.2) is 9.94 Å².